The number of aliphatic hydroxyl groups is 1. The van der Waals surface area contributed by atoms with E-state index in [1.807, 2.05) is 41.2 Å². The van der Waals surface area contributed by atoms with Crippen LogP contribution in [0.4, 0.5) is 10.5 Å². The molecule has 0 saturated heterocycles. The number of fused-ring (bicyclic) bond motifs is 1. The zero-order valence-electron chi connectivity index (χ0n) is 13.4. The van der Waals surface area contributed by atoms with Gasteiger partial charge in [0.1, 0.15) is 0 Å². The number of anilines is 1. The molecule has 0 bridgehead atoms. The Morgan fingerprint density at radius 1 is 1.43 bits per heavy atom. The van der Waals surface area contributed by atoms with Crippen molar-refractivity contribution in [2.45, 2.75) is 32.4 Å². The molecule has 0 spiro atoms. The van der Waals surface area contributed by atoms with Crippen molar-refractivity contribution in [1.29, 1.82) is 0 Å². The zero-order valence-corrected chi connectivity index (χ0v) is 13.4. The lowest BCUT2D eigenvalue weighted by Crippen LogP contribution is -2.36. The van der Waals surface area contributed by atoms with E-state index >= 15 is 0 Å². The Labute approximate surface area is 135 Å². The fourth-order valence-corrected chi connectivity index (χ4v) is 2.88. The summed E-state index contributed by atoms with van der Waals surface area (Å²) in [7, 11) is 0. The first-order chi connectivity index (χ1) is 11.1. The number of hydrogen-bond acceptors (Lipinski definition) is 3. The van der Waals surface area contributed by atoms with E-state index in [2.05, 4.69) is 29.6 Å². The molecular weight excluding hydrogens is 292 g/mol. The van der Waals surface area contributed by atoms with E-state index in [1.54, 1.807) is 0 Å². The highest BCUT2D eigenvalue weighted by Gasteiger charge is 2.19. The van der Waals surface area contributed by atoms with Crippen LogP contribution in [-0.2, 0) is 0 Å². The second kappa shape index (κ2) is 6.42. The Balaban J connectivity index is 1.68. The fourth-order valence-electron chi connectivity index (χ4n) is 2.88. The van der Waals surface area contributed by atoms with Crippen molar-refractivity contribution in [3.63, 3.8) is 0 Å². The molecule has 2 amide bonds. The maximum atomic E-state index is 12.1. The van der Waals surface area contributed by atoms with E-state index in [0.29, 0.717) is 0 Å². The molecule has 0 radical (unpaired) electrons. The number of amides is 2. The van der Waals surface area contributed by atoms with Crippen molar-refractivity contribution in [1.82, 2.24) is 15.1 Å². The average Bonchev–Trinajstić information content (AvgIpc) is 3.13. The van der Waals surface area contributed by atoms with Crippen molar-refractivity contribution >= 4 is 22.6 Å². The first kappa shape index (κ1) is 15.6. The second-order valence-electron chi connectivity index (χ2n) is 6.22. The molecule has 0 unspecified atom stereocenters. The highest BCUT2D eigenvalue weighted by molar-refractivity contribution is 5.92. The highest BCUT2D eigenvalue weighted by atomic mass is 16.3. The van der Waals surface area contributed by atoms with Gasteiger partial charge in [0.05, 0.1) is 11.7 Å². The van der Waals surface area contributed by atoms with E-state index in [1.165, 1.54) is 0 Å². The van der Waals surface area contributed by atoms with Crippen LogP contribution in [0.15, 0.2) is 36.5 Å². The van der Waals surface area contributed by atoms with E-state index < -0.39 is 0 Å². The molecule has 1 aromatic heterocycles. The minimum absolute atomic E-state index is 0.0305. The normalized spacial score (nSPS) is 20.3. The molecule has 122 valence electrons. The molecule has 23 heavy (non-hydrogen) atoms. The minimum Gasteiger partial charge on any atom is -0.396 e. The lowest BCUT2D eigenvalue weighted by molar-refractivity contribution is 0.238. The SMILES string of the molecule is CC(C)n1ncc2ccc(NC(=O)N[C@@H]3C=C[C@H](CO)C3)cc21. The Morgan fingerprint density at radius 3 is 2.96 bits per heavy atom. The van der Waals surface area contributed by atoms with Gasteiger partial charge in [-0.1, -0.05) is 12.2 Å². The monoisotopic (exact) mass is 314 g/mol. The number of hydrogen-bond donors (Lipinski definition) is 3. The summed E-state index contributed by atoms with van der Waals surface area (Å²) in [5.41, 5.74) is 1.73. The molecular formula is C17H22N4O2. The van der Waals surface area contributed by atoms with Crippen molar-refractivity contribution in [2.24, 2.45) is 5.92 Å². The molecule has 6 nitrogen and oxygen atoms in total. The molecule has 0 fully saturated rings. The summed E-state index contributed by atoms with van der Waals surface area (Å²) in [4.78, 5) is 12.1. The summed E-state index contributed by atoms with van der Waals surface area (Å²) in [6, 6.07) is 5.74. The number of carbonyl (C=O) groups excluding carboxylic acids is 1. The van der Waals surface area contributed by atoms with Crippen molar-refractivity contribution in [3.05, 3.63) is 36.5 Å². The maximum Gasteiger partial charge on any atom is 0.319 e. The molecule has 0 aliphatic heterocycles. The number of nitrogens with one attached hydrogen (secondary N) is 2. The number of carbonyl (C=O) groups is 1. The molecule has 0 saturated carbocycles. The van der Waals surface area contributed by atoms with Crippen molar-refractivity contribution in [2.75, 3.05) is 11.9 Å². The van der Waals surface area contributed by atoms with Crippen LogP contribution in [0.3, 0.4) is 0 Å². The fraction of sp³-hybridized carbons (Fsp3) is 0.412. The quantitative estimate of drug-likeness (QED) is 0.759. The van der Waals surface area contributed by atoms with Gasteiger partial charge in [0.15, 0.2) is 0 Å². The van der Waals surface area contributed by atoms with E-state index in [4.69, 9.17) is 5.11 Å². The number of urea groups is 1. The van der Waals surface area contributed by atoms with Gasteiger partial charge in [-0.05, 0) is 38.5 Å². The van der Waals surface area contributed by atoms with Crippen LogP contribution in [0.5, 0.6) is 0 Å². The first-order valence-corrected chi connectivity index (χ1v) is 7.91. The molecule has 1 heterocycles. The largest absolute Gasteiger partial charge is 0.396 e. The molecule has 2 aromatic rings. The van der Waals surface area contributed by atoms with Gasteiger partial charge in [-0.25, -0.2) is 4.79 Å². The van der Waals surface area contributed by atoms with Crippen LogP contribution >= 0.6 is 0 Å². The summed E-state index contributed by atoms with van der Waals surface area (Å²) in [6.07, 6.45) is 6.44. The summed E-state index contributed by atoms with van der Waals surface area (Å²) >= 11 is 0. The number of aliphatic hydroxyl groups excluding tert-OH is 1. The van der Waals surface area contributed by atoms with Gasteiger partial charge in [-0.3, -0.25) is 4.68 Å². The smallest absolute Gasteiger partial charge is 0.319 e. The summed E-state index contributed by atoms with van der Waals surface area (Å²) < 4.78 is 1.93. The van der Waals surface area contributed by atoms with E-state index in [9.17, 15) is 4.79 Å². The predicted octanol–water partition coefficient (Wildman–Crippen LogP) is 2.68. The first-order valence-electron chi connectivity index (χ1n) is 7.91. The number of rotatable bonds is 4. The molecule has 3 N–H and O–H groups in total. The van der Waals surface area contributed by atoms with Gasteiger partial charge in [0.25, 0.3) is 0 Å². The van der Waals surface area contributed by atoms with Gasteiger partial charge < -0.3 is 15.7 Å². The highest BCUT2D eigenvalue weighted by Crippen LogP contribution is 2.22. The van der Waals surface area contributed by atoms with Gasteiger partial charge in [-0.2, -0.15) is 5.10 Å². The van der Waals surface area contributed by atoms with E-state index in [0.717, 1.165) is 23.0 Å². The number of benzene rings is 1. The van der Waals surface area contributed by atoms with Gasteiger partial charge in [0.2, 0.25) is 0 Å². The van der Waals surface area contributed by atoms with Crippen LogP contribution in [0.2, 0.25) is 0 Å². The summed E-state index contributed by atoms with van der Waals surface area (Å²) in [6.45, 7) is 4.26. The molecule has 1 aliphatic carbocycles. The van der Waals surface area contributed by atoms with Crippen LogP contribution in [0.1, 0.15) is 26.3 Å². The lowest BCUT2D eigenvalue weighted by Gasteiger charge is -2.14. The maximum absolute atomic E-state index is 12.1. The van der Waals surface area contributed by atoms with Crippen LogP contribution in [0, 0.1) is 5.92 Å². The Morgan fingerprint density at radius 2 is 2.26 bits per heavy atom. The van der Waals surface area contributed by atoms with E-state index in [-0.39, 0.29) is 30.6 Å². The molecule has 1 aliphatic rings. The third-order valence-corrected chi connectivity index (χ3v) is 4.07. The molecule has 1 aromatic carbocycles. The summed E-state index contributed by atoms with van der Waals surface area (Å²) in [5.74, 6) is 0.136. The van der Waals surface area contributed by atoms with Gasteiger partial charge in [0, 0.05) is 35.7 Å². The Kier molecular flexibility index (Phi) is 4.34. The van der Waals surface area contributed by atoms with Crippen molar-refractivity contribution < 1.29 is 9.90 Å². The second-order valence-corrected chi connectivity index (χ2v) is 6.22. The number of nitrogens with zero attached hydrogens (tertiary/aromatic N) is 2. The predicted molar refractivity (Wildman–Crippen MR) is 90.4 cm³/mol. The van der Waals surface area contributed by atoms with Gasteiger partial charge in [-0.15, -0.1) is 0 Å². The standard InChI is InChI=1S/C17H22N4O2/c1-11(2)21-16-8-15(6-4-13(16)9-18-21)20-17(23)19-14-5-3-12(7-14)10-22/h3-6,8-9,11-12,14,22H,7,10H2,1-2H3,(H2,19,20,23)/t12-,14+/m0/s1. The average molecular weight is 314 g/mol. The third-order valence-electron chi connectivity index (χ3n) is 4.07. The lowest BCUT2D eigenvalue weighted by atomic mass is 10.1. The van der Waals surface area contributed by atoms with Crippen LogP contribution < -0.4 is 10.6 Å². The minimum atomic E-state index is -0.242. The van der Waals surface area contributed by atoms with Crippen LogP contribution in [-0.4, -0.2) is 33.6 Å². The molecule has 2 atom stereocenters. The number of aromatic nitrogens is 2. The zero-order chi connectivity index (χ0) is 16.4. The third kappa shape index (κ3) is 3.37. The Bertz CT molecular complexity index is 735. The van der Waals surface area contributed by atoms with Crippen molar-refractivity contribution in [3.8, 4) is 0 Å². The van der Waals surface area contributed by atoms with Gasteiger partial charge >= 0.3 is 6.03 Å². The summed E-state index contributed by atoms with van der Waals surface area (Å²) in [5, 5.41) is 20.3. The Hall–Kier alpha value is -2.34. The molecule has 6 heteroatoms. The molecule has 3 rings (SSSR count). The topological polar surface area (TPSA) is 79.2 Å². The van der Waals surface area contributed by atoms with Crippen LogP contribution in [0.25, 0.3) is 10.9 Å².